The van der Waals surface area contributed by atoms with Gasteiger partial charge in [-0.3, -0.25) is 0 Å². The van der Waals surface area contributed by atoms with Crippen LogP contribution in [0.5, 0.6) is 17.2 Å². The van der Waals surface area contributed by atoms with Crippen LogP contribution in [0.1, 0.15) is 98.6 Å². The van der Waals surface area contributed by atoms with E-state index in [0.717, 1.165) is 18.4 Å². The van der Waals surface area contributed by atoms with Gasteiger partial charge in [-0.2, -0.15) is 0 Å². The van der Waals surface area contributed by atoms with Crippen LogP contribution >= 0.6 is 0 Å². The van der Waals surface area contributed by atoms with Gasteiger partial charge in [0.1, 0.15) is 11.5 Å². The van der Waals surface area contributed by atoms with E-state index in [-0.39, 0.29) is 28.4 Å². The molecule has 1 unspecified atom stereocenters. The first-order chi connectivity index (χ1) is 17.2. The summed E-state index contributed by atoms with van der Waals surface area (Å²) >= 11 is 0. The molecule has 2 aromatic carbocycles. The number of aliphatic hydroxyl groups is 1. The van der Waals surface area contributed by atoms with Crippen LogP contribution in [0, 0.1) is 10.8 Å². The minimum absolute atomic E-state index is 0.0288. The second-order valence-electron chi connectivity index (χ2n) is 10.8. The Morgan fingerprint density at radius 3 is 1.81 bits per heavy atom. The molecule has 4 N–H and O–H groups in total. The summed E-state index contributed by atoms with van der Waals surface area (Å²) in [5, 5.41) is 38.1. The minimum Gasteiger partial charge on any atom is -0.507 e. The van der Waals surface area contributed by atoms with E-state index in [4.69, 9.17) is 0 Å². The van der Waals surface area contributed by atoms with Gasteiger partial charge in [-0.1, -0.05) is 118 Å². The molecule has 1 atom stereocenters. The Labute approximate surface area is 225 Å². The monoisotopic (exact) mass is 510 g/mol. The van der Waals surface area contributed by atoms with Crippen molar-refractivity contribution >= 4 is 5.57 Å². The number of rotatable bonds is 7. The maximum atomic E-state index is 9.70. The molecule has 37 heavy (non-hydrogen) atoms. The van der Waals surface area contributed by atoms with E-state index in [0.29, 0.717) is 22.5 Å². The van der Waals surface area contributed by atoms with E-state index in [2.05, 4.69) is 62.0 Å². The molecule has 0 aliphatic heterocycles. The van der Waals surface area contributed by atoms with Gasteiger partial charge in [-0.25, -0.2) is 0 Å². The average Bonchev–Trinajstić information content (AvgIpc) is 2.87. The first-order valence-electron chi connectivity index (χ1n) is 13.2. The maximum Gasteiger partial charge on any atom is 0.157 e. The van der Waals surface area contributed by atoms with E-state index < -0.39 is 0 Å². The Morgan fingerprint density at radius 2 is 1.41 bits per heavy atom. The highest BCUT2D eigenvalue weighted by Crippen LogP contribution is 2.42. The van der Waals surface area contributed by atoms with Crippen LogP contribution in [0.25, 0.3) is 5.57 Å². The van der Waals surface area contributed by atoms with E-state index in [1.54, 1.807) is 48.6 Å². The topological polar surface area (TPSA) is 80.9 Å². The molecule has 4 heteroatoms. The quantitative estimate of drug-likeness (QED) is 0.170. The van der Waals surface area contributed by atoms with E-state index in [9.17, 15) is 20.4 Å². The van der Waals surface area contributed by atoms with Crippen LogP contribution < -0.4 is 0 Å². The maximum absolute atomic E-state index is 9.70. The van der Waals surface area contributed by atoms with Crippen molar-refractivity contribution in [2.75, 3.05) is 0 Å². The Hall–Kier alpha value is -3.14. The number of para-hydroxylation sites is 1. The molecule has 206 valence electrons. The van der Waals surface area contributed by atoms with E-state index in [1.807, 2.05) is 13.0 Å². The number of hydrogen-bond donors (Lipinski definition) is 4. The zero-order chi connectivity index (χ0) is 28.8. The van der Waals surface area contributed by atoms with Gasteiger partial charge in [0.25, 0.3) is 0 Å². The molecular weight excluding hydrogens is 460 g/mol. The van der Waals surface area contributed by atoms with Gasteiger partial charge >= 0.3 is 0 Å². The van der Waals surface area contributed by atoms with Crippen molar-refractivity contribution in [1.82, 2.24) is 0 Å². The highest BCUT2D eigenvalue weighted by atomic mass is 16.3. The molecule has 0 saturated heterocycles. The third kappa shape index (κ3) is 11.2. The van der Waals surface area contributed by atoms with Crippen LogP contribution in [0.15, 0.2) is 73.0 Å². The number of benzene rings is 2. The molecule has 0 saturated carbocycles. The van der Waals surface area contributed by atoms with Crippen LogP contribution in [0.3, 0.4) is 0 Å². The van der Waals surface area contributed by atoms with E-state index in [1.165, 1.54) is 12.5 Å². The summed E-state index contributed by atoms with van der Waals surface area (Å²) in [5.41, 5.74) is 2.96. The fraction of sp³-hybridized carbons (Fsp3) is 0.455. The van der Waals surface area contributed by atoms with Gasteiger partial charge in [-0.05, 0) is 53.5 Å². The largest absolute Gasteiger partial charge is 0.507 e. The van der Waals surface area contributed by atoms with Crippen molar-refractivity contribution in [2.45, 2.75) is 87.5 Å². The van der Waals surface area contributed by atoms with Crippen molar-refractivity contribution < 1.29 is 20.4 Å². The third-order valence-corrected chi connectivity index (χ3v) is 7.22. The van der Waals surface area contributed by atoms with Gasteiger partial charge in [0.2, 0.25) is 0 Å². The summed E-state index contributed by atoms with van der Waals surface area (Å²) in [7, 11) is 0. The summed E-state index contributed by atoms with van der Waals surface area (Å²) in [6, 6.07) is 11.9. The van der Waals surface area contributed by atoms with Crippen molar-refractivity contribution in [2.24, 2.45) is 10.8 Å². The number of hydrogen-bond acceptors (Lipinski definition) is 4. The lowest BCUT2D eigenvalue weighted by atomic mass is 9.71. The van der Waals surface area contributed by atoms with Crippen molar-refractivity contribution in [1.29, 1.82) is 0 Å². The molecule has 2 rings (SSSR count). The van der Waals surface area contributed by atoms with Gasteiger partial charge in [0, 0.05) is 11.1 Å². The molecular formula is C33H50O4. The summed E-state index contributed by atoms with van der Waals surface area (Å²) in [5.74, 6) is 0.510. The lowest BCUT2D eigenvalue weighted by molar-refractivity contribution is 0.243. The second kappa shape index (κ2) is 15.9. The van der Waals surface area contributed by atoms with Gasteiger partial charge in [0.05, 0.1) is 0 Å². The summed E-state index contributed by atoms with van der Waals surface area (Å²) < 4.78 is 0. The Morgan fingerprint density at radius 1 is 0.865 bits per heavy atom. The summed E-state index contributed by atoms with van der Waals surface area (Å²) in [6.07, 6.45) is 8.28. The highest BCUT2D eigenvalue weighted by Gasteiger charge is 2.28. The number of phenols is 3. The molecule has 0 aliphatic carbocycles. The molecule has 2 aromatic rings. The van der Waals surface area contributed by atoms with Crippen molar-refractivity contribution in [3.8, 4) is 17.2 Å². The number of phenolic OH excluding ortho intramolecular Hbond substituents is 3. The van der Waals surface area contributed by atoms with Crippen molar-refractivity contribution in [3.63, 3.8) is 0 Å². The highest BCUT2D eigenvalue weighted by molar-refractivity contribution is 5.79. The first-order valence-corrected chi connectivity index (χ1v) is 13.2. The van der Waals surface area contributed by atoms with Crippen LogP contribution in [-0.2, 0) is 0 Å². The van der Waals surface area contributed by atoms with E-state index >= 15 is 0 Å². The lowest BCUT2D eigenvalue weighted by Gasteiger charge is -2.34. The molecule has 0 fully saturated rings. The zero-order valence-corrected chi connectivity index (χ0v) is 24.5. The van der Waals surface area contributed by atoms with Crippen molar-refractivity contribution in [3.05, 3.63) is 84.2 Å². The molecule has 0 radical (unpaired) electrons. The molecule has 4 nitrogen and oxygen atoms in total. The molecule has 0 amide bonds. The van der Waals surface area contributed by atoms with Crippen LogP contribution in [0.2, 0.25) is 0 Å². The fourth-order valence-electron chi connectivity index (χ4n) is 3.38. The SMILES string of the molecule is C=C/C(=C(O)\C=C/C)c1ccccc1O.CCC(C)(C)C.CCC(C)(CC)C(C)c1ccc(O)c(O)c1. The lowest BCUT2D eigenvalue weighted by Crippen LogP contribution is -2.21. The normalized spacial score (nSPS) is 13.0. The van der Waals surface area contributed by atoms with Crippen LogP contribution in [0.4, 0.5) is 0 Å². The molecule has 0 aliphatic rings. The summed E-state index contributed by atoms with van der Waals surface area (Å²) in [4.78, 5) is 0. The molecule has 0 bridgehead atoms. The number of allylic oxidation sites excluding steroid dienone is 4. The smallest absolute Gasteiger partial charge is 0.157 e. The molecule has 0 heterocycles. The second-order valence-corrected chi connectivity index (χ2v) is 10.8. The predicted octanol–water partition coefficient (Wildman–Crippen LogP) is 9.89. The fourth-order valence-corrected chi connectivity index (χ4v) is 3.38. The Balaban J connectivity index is 0.000000578. The molecule has 0 aromatic heterocycles. The van der Waals surface area contributed by atoms with Gasteiger partial charge < -0.3 is 20.4 Å². The average molecular weight is 511 g/mol. The summed E-state index contributed by atoms with van der Waals surface area (Å²) in [6.45, 7) is 23.2. The van der Waals surface area contributed by atoms with Crippen LogP contribution in [-0.4, -0.2) is 20.4 Å². The third-order valence-electron chi connectivity index (χ3n) is 7.22. The molecule has 0 spiro atoms. The van der Waals surface area contributed by atoms with Gasteiger partial charge in [-0.15, -0.1) is 0 Å². The number of aromatic hydroxyl groups is 3. The Bertz CT molecular complexity index is 1020. The zero-order valence-electron chi connectivity index (χ0n) is 24.5. The minimum atomic E-state index is -0.0503. The Kier molecular flexibility index (Phi) is 14.5. The first kappa shape index (κ1) is 33.9. The predicted molar refractivity (Wildman–Crippen MR) is 159 cm³/mol. The van der Waals surface area contributed by atoms with Gasteiger partial charge in [0.15, 0.2) is 11.5 Å². The number of aliphatic hydroxyl groups excluding tert-OH is 1. The standard InChI is InChI=1S/C14H22O2.C13H14O2.C6H14/c1-5-14(4,6-2)10(3)11-7-8-12(15)13(16)9-11;1-3-7-12(14)10(4-2)11-8-5-6-9-13(11)15;1-5-6(2,3)4/h7-10,15-16H,5-6H2,1-4H3;3-9,14-15H,2H2,1H3;5H2,1-4H3/b;7-3-,12-10-;.